The Morgan fingerprint density at radius 3 is 2.95 bits per heavy atom. The summed E-state index contributed by atoms with van der Waals surface area (Å²) < 4.78 is 0. The minimum absolute atomic E-state index is 0.157. The molecule has 1 unspecified atom stereocenters. The highest BCUT2D eigenvalue weighted by molar-refractivity contribution is 7.09. The van der Waals surface area contributed by atoms with Crippen LogP contribution in [0.1, 0.15) is 29.1 Å². The third-order valence-corrected chi connectivity index (χ3v) is 5.00. The van der Waals surface area contributed by atoms with Gasteiger partial charge in [0.1, 0.15) is 0 Å². The third-order valence-electron chi connectivity index (χ3n) is 4.10. The number of hydrogen-bond acceptors (Lipinski definition) is 4. The molecular formula is C17H21N3OS. The molecule has 1 fully saturated rings. The van der Waals surface area contributed by atoms with Gasteiger partial charge in [-0.05, 0) is 18.4 Å². The average molecular weight is 315 g/mol. The molecule has 3 rings (SSSR count). The van der Waals surface area contributed by atoms with E-state index in [0.717, 1.165) is 36.5 Å². The zero-order valence-electron chi connectivity index (χ0n) is 12.6. The molecule has 0 bridgehead atoms. The van der Waals surface area contributed by atoms with Gasteiger partial charge in [0.05, 0.1) is 17.1 Å². The first-order valence-corrected chi connectivity index (χ1v) is 8.61. The van der Waals surface area contributed by atoms with Crippen LogP contribution in [0, 0.1) is 0 Å². The van der Waals surface area contributed by atoms with Crippen LogP contribution in [-0.2, 0) is 17.6 Å². The minimum Gasteiger partial charge on any atom is -0.338 e. The largest absolute Gasteiger partial charge is 0.338 e. The molecule has 0 saturated carbocycles. The Morgan fingerprint density at radius 2 is 2.18 bits per heavy atom. The maximum atomic E-state index is 12.4. The van der Waals surface area contributed by atoms with Gasteiger partial charge in [0, 0.05) is 30.9 Å². The second-order valence-corrected chi connectivity index (χ2v) is 6.63. The predicted octanol–water partition coefficient (Wildman–Crippen LogP) is 2.23. The van der Waals surface area contributed by atoms with Gasteiger partial charge in [-0.15, -0.1) is 11.3 Å². The second-order valence-electron chi connectivity index (χ2n) is 5.69. The Balaban J connectivity index is 1.61. The summed E-state index contributed by atoms with van der Waals surface area (Å²) in [5, 5.41) is 3.06. The number of rotatable bonds is 5. The number of carbonyl (C=O) groups is 1. The third kappa shape index (κ3) is 3.54. The Morgan fingerprint density at radius 1 is 1.36 bits per heavy atom. The van der Waals surface area contributed by atoms with Gasteiger partial charge in [-0.2, -0.15) is 0 Å². The molecule has 1 aromatic carbocycles. The molecule has 2 heterocycles. The van der Waals surface area contributed by atoms with Crippen molar-refractivity contribution < 1.29 is 4.79 Å². The molecule has 1 aromatic heterocycles. The molecule has 1 amide bonds. The Bertz CT molecular complexity index is 626. The Hall–Kier alpha value is -1.72. The summed E-state index contributed by atoms with van der Waals surface area (Å²) in [4.78, 5) is 18.9. The molecule has 0 aliphatic carbocycles. The van der Waals surface area contributed by atoms with E-state index in [9.17, 15) is 4.79 Å². The maximum Gasteiger partial charge on any atom is 0.228 e. The fourth-order valence-corrected chi connectivity index (χ4v) is 3.78. The van der Waals surface area contributed by atoms with E-state index in [4.69, 9.17) is 5.73 Å². The monoisotopic (exact) mass is 315 g/mol. The van der Waals surface area contributed by atoms with Gasteiger partial charge < -0.3 is 10.6 Å². The van der Waals surface area contributed by atoms with Crippen LogP contribution in [0.15, 0.2) is 35.7 Å². The van der Waals surface area contributed by atoms with Crippen LogP contribution >= 0.6 is 11.3 Å². The van der Waals surface area contributed by atoms with E-state index in [1.807, 2.05) is 28.5 Å². The van der Waals surface area contributed by atoms with Crippen molar-refractivity contribution in [2.45, 2.75) is 31.7 Å². The number of amides is 1. The highest BCUT2D eigenvalue weighted by Crippen LogP contribution is 2.19. The van der Waals surface area contributed by atoms with Crippen LogP contribution in [0.25, 0.3) is 0 Å². The van der Waals surface area contributed by atoms with Crippen LogP contribution in [0.4, 0.5) is 0 Å². The fourth-order valence-electron chi connectivity index (χ4n) is 2.95. The molecule has 0 radical (unpaired) electrons. The lowest BCUT2D eigenvalue weighted by atomic mass is 10.2. The standard InChI is InChI=1S/C17H21N3OS/c18-11-15-7-4-8-20(15)17(21)10-14-12-22-16(19-14)9-13-5-2-1-3-6-13/h1-3,5-6,12,15H,4,7-11,18H2. The minimum atomic E-state index is 0.157. The number of thiazole rings is 1. The van der Waals surface area contributed by atoms with E-state index in [-0.39, 0.29) is 11.9 Å². The summed E-state index contributed by atoms with van der Waals surface area (Å²) in [6.45, 7) is 1.39. The molecule has 2 aromatic rings. The van der Waals surface area contributed by atoms with E-state index < -0.39 is 0 Å². The van der Waals surface area contributed by atoms with E-state index in [1.165, 1.54) is 5.56 Å². The molecule has 1 aliphatic heterocycles. The Labute approximate surface area is 135 Å². The lowest BCUT2D eigenvalue weighted by molar-refractivity contribution is -0.131. The van der Waals surface area contributed by atoms with Gasteiger partial charge >= 0.3 is 0 Å². The summed E-state index contributed by atoms with van der Waals surface area (Å²) in [6, 6.07) is 10.5. The zero-order chi connectivity index (χ0) is 15.4. The highest BCUT2D eigenvalue weighted by Gasteiger charge is 2.27. The van der Waals surface area contributed by atoms with Crippen molar-refractivity contribution >= 4 is 17.2 Å². The second kappa shape index (κ2) is 7.03. The quantitative estimate of drug-likeness (QED) is 0.920. The van der Waals surface area contributed by atoms with E-state index in [0.29, 0.717) is 13.0 Å². The zero-order valence-corrected chi connectivity index (χ0v) is 13.4. The van der Waals surface area contributed by atoms with Crippen molar-refractivity contribution in [3.8, 4) is 0 Å². The molecule has 4 nitrogen and oxygen atoms in total. The van der Waals surface area contributed by atoms with Crippen LogP contribution in [0.2, 0.25) is 0 Å². The predicted molar refractivity (Wildman–Crippen MR) is 88.9 cm³/mol. The molecule has 0 spiro atoms. The molecule has 1 saturated heterocycles. The van der Waals surface area contributed by atoms with Crippen molar-refractivity contribution in [3.63, 3.8) is 0 Å². The van der Waals surface area contributed by atoms with Crippen LogP contribution in [-0.4, -0.2) is 34.9 Å². The number of nitrogens with zero attached hydrogens (tertiary/aromatic N) is 2. The molecule has 5 heteroatoms. The highest BCUT2D eigenvalue weighted by atomic mass is 32.1. The van der Waals surface area contributed by atoms with Gasteiger partial charge in [-0.25, -0.2) is 4.98 Å². The van der Waals surface area contributed by atoms with Gasteiger partial charge in [-0.1, -0.05) is 30.3 Å². The smallest absolute Gasteiger partial charge is 0.228 e. The fraction of sp³-hybridized carbons (Fsp3) is 0.412. The van der Waals surface area contributed by atoms with Crippen LogP contribution in [0.5, 0.6) is 0 Å². The Kier molecular flexibility index (Phi) is 4.85. The first-order chi connectivity index (χ1) is 10.8. The number of carbonyl (C=O) groups excluding carboxylic acids is 1. The van der Waals surface area contributed by atoms with E-state index >= 15 is 0 Å². The number of aromatic nitrogens is 1. The van der Waals surface area contributed by atoms with Crippen LogP contribution in [0.3, 0.4) is 0 Å². The average Bonchev–Trinajstić information content (AvgIpc) is 3.17. The van der Waals surface area contributed by atoms with Crippen LogP contribution < -0.4 is 5.73 Å². The van der Waals surface area contributed by atoms with E-state index in [1.54, 1.807) is 11.3 Å². The number of likely N-dealkylation sites (tertiary alicyclic amines) is 1. The van der Waals surface area contributed by atoms with Crippen molar-refractivity contribution in [1.29, 1.82) is 0 Å². The van der Waals surface area contributed by atoms with Gasteiger partial charge in [0.25, 0.3) is 0 Å². The lowest BCUT2D eigenvalue weighted by Crippen LogP contribution is -2.40. The molecule has 2 N–H and O–H groups in total. The maximum absolute atomic E-state index is 12.4. The molecule has 1 atom stereocenters. The number of hydrogen-bond donors (Lipinski definition) is 1. The SMILES string of the molecule is NCC1CCCN1C(=O)Cc1csc(Cc2ccccc2)n1. The topological polar surface area (TPSA) is 59.2 Å². The normalized spacial score (nSPS) is 17.9. The summed E-state index contributed by atoms with van der Waals surface area (Å²) >= 11 is 1.63. The summed E-state index contributed by atoms with van der Waals surface area (Å²) in [5.41, 5.74) is 7.86. The number of nitrogens with two attached hydrogens (primary N) is 1. The van der Waals surface area contributed by atoms with E-state index in [2.05, 4.69) is 17.1 Å². The van der Waals surface area contributed by atoms with Gasteiger partial charge in [0.15, 0.2) is 0 Å². The van der Waals surface area contributed by atoms with Crippen molar-refractivity contribution in [2.75, 3.05) is 13.1 Å². The molecule has 116 valence electrons. The number of benzene rings is 1. The lowest BCUT2D eigenvalue weighted by Gasteiger charge is -2.23. The molecular weight excluding hydrogens is 294 g/mol. The van der Waals surface area contributed by atoms with Gasteiger partial charge in [-0.3, -0.25) is 4.79 Å². The van der Waals surface area contributed by atoms with Crippen molar-refractivity contribution in [3.05, 3.63) is 52.0 Å². The molecule has 1 aliphatic rings. The summed E-state index contributed by atoms with van der Waals surface area (Å²) in [6.07, 6.45) is 3.30. The summed E-state index contributed by atoms with van der Waals surface area (Å²) in [7, 11) is 0. The summed E-state index contributed by atoms with van der Waals surface area (Å²) in [5.74, 6) is 0.157. The first kappa shape index (κ1) is 15.2. The van der Waals surface area contributed by atoms with Crippen molar-refractivity contribution in [1.82, 2.24) is 9.88 Å². The van der Waals surface area contributed by atoms with Gasteiger partial charge in [0.2, 0.25) is 5.91 Å². The molecule has 22 heavy (non-hydrogen) atoms. The van der Waals surface area contributed by atoms with Crippen molar-refractivity contribution in [2.24, 2.45) is 5.73 Å². The first-order valence-electron chi connectivity index (χ1n) is 7.73.